The van der Waals surface area contributed by atoms with E-state index in [2.05, 4.69) is 6.58 Å². The predicted molar refractivity (Wildman–Crippen MR) is 91.9 cm³/mol. The molecule has 26 heavy (non-hydrogen) atoms. The molecule has 3 aliphatic rings. The molecular formula is C20H26O6. The van der Waals surface area contributed by atoms with Gasteiger partial charge in [-0.2, -0.15) is 0 Å². The Labute approximate surface area is 152 Å². The van der Waals surface area contributed by atoms with Gasteiger partial charge < -0.3 is 24.5 Å². The minimum Gasteiger partial charge on any atom is -0.472 e. The minimum absolute atomic E-state index is 0.201. The van der Waals surface area contributed by atoms with E-state index < -0.39 is 40.2 Å². The van der Waals surface area contributed by atoms with Crippen LogP contribution in [0.1, 0.15) is 57.6 Å². The fourth-order valence-corrected chi connectivity index (χ4v) is 5.64. The number of carbonyl (C=O) groups excluding carboxylic acids is 1. The molecule has 142 valence electrons. The topological polar surface area (TPSA) is 100 Å². The number of carbonyl (C=O) groups is 1. The zero-order valence-electron chi connectivity index (χ0n) is 15.2. The fourth-order valence-electron chi connectivity index (χ4n) is 5.64. The van der Waals surface area contributed by atoms with Gasteiger partial charge in [-0.1, -0.05) is 19.1 Å². The summed E-state index contributed by atoms with van der Waals surface area (Å²) in [5.74, 6) is -0.505. The van der Waals surface area contributed by atoms with Crippen molar-refractivity contribution in [3.8, 4) is 0 Å². The van der Waals surface area contributed by atoms with E-state index in [1.807, 2.05) is 0 Å². The molecule has 4 rings (SSSR count). The number of esters is 1. The molecule has 6 heteroatoms. The van der Waals surface area contributed by atoms with Crippen molar-refractivity contribution in [2.75, 3.05) is 0 Å². The molecule has 1 saturated heterocycles. The Kier molecular flexibility index (Phi) is 3.56. The summed E-state index contributed by atoms with van der Waals surface area (Å²) in [5.41, 5.74) is -4.06. The van der Waals surface area contributed by atoms with Gasteiger partial charge in [-0.15, -0.1) is 0 Å². The van der Waals surface area contributed by atoms with Crippen LogP contribution in [0.25, 0.3) is 0 Å². The maximum atomic E-state index is 13.1. The minimum atomic E-state index is -1.55. The summed E-state index contributed by atoms with van der Waals surface area (Å²) < 4.78 is 10.8. The Morgan fingerprint density at radius 2 is 2.00 bits per heavy atom. The third-order valence-corrected chi connectivity index (χ3v) is 7.70. The van der Waals surface area contributed by atoms with Crippen LogP contribution in [0, 0.1) is 10.8 Å². The van der Waals surface area contributed by atoms with E-state index in [0.29, 0.717) is 18.4 Å². The van der Waals surface area contributed by atoms with Crippen molar-refractivity contribution >= 4 is 5.97 Å². The molecule has 0 radical (unpaired) electrons. The van der Waals surface area contributed by atoms with E-state index in [4.69, 9.17) is 9.15 Å². The van der Waals surface area contributed by atoms with Gasteiger partial charge in [0, 0.05) is 17.4 Å². The summed E-state index contributed by atoms with van der Waals surface area (Å²) in [4.78, 5) is 13.1. The van der Waals surface area contributed by atoms with Crippen LogP contribution in [-0.2, 0) is 9.53 Å². The van der Waals surface area contributed by atoms with Crippen LogP contribution < -0.4 is 0 Å². The summed E-state index contributed by atoms with van der Waals surface area (Å²) in [6.45, 7) is 7.44. The van der Waals surface area contributed by atoms with Gasteiger partial charge in [0.25, 0.3) is 0 Å². The number of furan rings is 1. The molecule has 2 heterocycles. The van der Waals surface area contributed by atoms with E-state index in [1.165, 1.54) is 12.5 Å². The highest BCUT2D eigenvalue weighted by molar-refractivity contribution is 5.85. The SMILES string of the molecule is C=C1CC[C@@]2(C)[C@](O)(CC[C@@H](O)[C@]2(C)O)[C@@]12C[C@H](c1ccoc1)OC2=O. The molecule has 2 saturated carbocycles. The van der Waals surface area contributed by atoms with Crippen molar-refractivity contribution in [1.29, 1.82) is 0 Å². The molecule has 1 aliphatic heterocycles. The number of aliphatic hydroxyl groups is 3. The monoisotopic (exact) mass is 362 g/mol. The van der Waals surface area contributed by atoms with Gasteiger partial charge in [-0.3, -0.25) is 4.79 Å². The van der Waals surface area contributed by atoms with Gasteiger partial charge in [-0.25, -0.2) is 0 Å². The molecule has 3 N–H and O–H groups in total. The lowest BCUT2D eigenvalue weighted by atomic mass is 9.41. The average molecular weight is 362 g/mol. The predicted octanol–water partition coefficient (Wildman–Crippen LogP) is 2.25. The van der Waals surface area contributed by atoms with Gasteiger partial charge >= 0.3 is 5.97 Å². The Hall–Kier alpha value is -1.63. The second-order valence-electron chi connectivity index (χ2n) is 8.56. The number of rotatable bonds is 1. The molecular weight excluding hydrogens is 336 g/mol. The lowest BCUT2D eigenvalue weighted by Crippen LogP contribution is -2.75. The van der Waals surface area contributed by atoms with Crippen molar-refractivity contribution in [2.45, 2.75) is 69.4 Å². The Morgan fingerprint density at radius 1 is 1.27 bits per heavy atom. The van der Waals surface area contributed by atoms with Crippen molar-refractivity contribution in [1.82, 2.24) is 0 Å². The van der Waals surface area contributed by atoms with E-state index in [9.17, 15) is 20.1 Å². The first kappa shape index (κ1) is 17.8. The van der Waals surface area contributed by atoms with Gasteiger partial charge in [-0.05, 0) is 38.7 Å². The molecule has 1 spiro atoms. The van der Waals surface area contributed by atoms with E-state index >= 15 is 0 Å². The van der Waals surface area contributed by atoms with Crippen LogP contribution in [0.15, 0.2) is 35.2 Å². The van der Waals surface area contributed by atoms with Crippen LogP contribution in [0.5, 0.6) is 0 Å². The largest absolute Gasteiger partial charge is 0.472 e. The summed E-state index contributed by atoms with van der Waals surface area (Å²) in [7, 11) is 0. The molecule has 0 unspecified atom stereocenters. The summed E-state index contributed by atoms with van der Waals surface area (Å²) in [6.07, 6.45) is 3.15. The van der Waals surface area contributed by atoms with Crippen LogP contribution >= 0.6 is 0 Å². The van der Waals surface area contributed by atoms with Gasteiger partial charge in [0.05, 0.1) is 29.8 Å². The van der Waals surface area contributed by atoms with Crippen molar-refractivity contribution in [3.05, 3.63) is 36.3 Å². The van der Waals surface area contributed by atoms with Crippen molar-refractivity contribution in [2.24, 2.45) is 10.8 Å². The second-order valence-corrected chi connectivity index (χ2v) is 8.56. The van der Waals surface area contributed by atoms with Crippen LogP contribution in [0.2, 0.25) is 0 Å². The standard InChI is InChI=1S/C20H26O6/c1-12-4-7-17(2)18(3,23)15(21)5-8-20(17,24)19(12)10-14(26-16(19)22)13-6-9-25-11-13/h6,9,11,14-15,21,23-24H,1,4-5,7-8,10H2,2-3H3/t14-,15-,17-,18+,19+,20-/m1/s1. The highest BCUT2D eigenvalue weighted by atomic mass is 16.6. The highest BCUT2D eigenvalue weighted by Crippen LogP contribution is 2.69. The molecule has 2 aliphatic carbocycles. The summed E-state index contributed by atoms with van der Waals surface area (Å²) in [6, 6.07) is 1.74. The molecule has 1 aromatic heterocycles. The molecule has 0 aromatic carbocycles. The molecule has 0 bridgehead atoms. The van der Waals surface area contributed by atoms with E-state index in [-0.39, 0.29) is 19.3 Å². The fraction of sp³-hybridized carbons (Fsp3) is 0.650. The molecule has 1 aromatic rings. The number of fused-ring (bicyclic) bond motifs is 2. The molecule has 3 fully saturated rings. The first-order valence-electron chi connectivity index (χ1n) is 9.14. The second kappa shape index (κ2) is 5.21. The molecule has 0 amide bonds. The Balaban J connectivity index is 1.85. The summed E-state index contributed by atoms with van der Waals surface area (Å²) >= 11 is 0. The Morgan fingerprint density at radius 3 is 2.65 bits per heavy atom. The third kappa shape index (κ3) is 1.80. The molecule has 6 nitrogen and oxygen atoms in total. The normalized spacial score (nSPS) is 48.5. The first-order chi connectivity index (χ1) is 12.1. The number of cyclic esters (lactones) is 1. The number of hydrogen-bond donors (Lipinski definition) is 3. The first-order valence-corrected chi connectivity index (χ1v) is 9.14. The lowest BCUT2D eigenvalue weighted by molar-refractivity contribution is -0.287. The third-order valence-electron chi connectivity index (χ3n) is 7.70. The van der Waals surface area contributed by atoms with Crippen molar-refractivity contribution in [3.63, 3.8) is 0 Å². The van der Waals surface area contributed by atoms with Crippen LogP contribution in [-0.4, -0.2) is 38.6 Å². The quantitative estimate of drug-likeness (QED) is 0.523. The van der Waals surface area contributed by atoms with E-state index in [1.54, 1.807) is 19.9 Å². The number of aliphatic hydroxyl groups excluding tert-OH is 1. The number of ether oxygens (including phenoxy) is 1. The summed E-state index contributed by atoms with van der Waals surface area (Å²) in [5, 5.41) is 33.5. The van der Waals surface area contributed by atoms with E-state index in [0.717, 1.165) is 5.56 Å². The van der Waals surface area contributed by atoms with Gasteiger partial charge in [0.2, 0.25) is 0 Å². The zero-order valence-corrected chi connectivity index (χ0v) is 15.2. The lowest BCUT2D eigenvalue weighted by Gasteiger charge is -2.65. The Bertz CT molecular complexity index is 752. The van der Waals surface area contributed by atoms with Crippen molar-refractivity contribution < 1.29 is 29.3 Å². The average Bonchev–Trinajstić information content (AvgIpc) is 3.22. The van der Waals surface area contributed by atoms with Crippen LogP contribution in [0.4, 0.5) is 0 Å². The van der Waals surface area contributed by atoms with Gasteiger partial charge in [0.1, 0.15) is 11.5 Å². The maximum Gasteiger partial charge on any atom is 0.319 e. The molecule has 6 atom stereocenters. The van der Waals surface area contributed by atoms with Gasteiger partial charge in [0.15, 0.2) is 0 Å². The van der Waals surface area contributed by atoms with Crippen LogP contribution in [0.3, 0.4) is 0 Å². The smallest absolute Gasteiger partial charge is 0.319 e. The maximum absolute atomic E-state index is 13.1. The zero-order chi connectivity index (χ0) is 19.0. The highest BCUT2D eigenvalue weighted by Gasteiger charge is 2.76. The number of hydrogen-bond acceptors (Lipinski definition) is 6.